The lowest BCUT2D eigenvalue weighted by atomic mass is 10.2. The van der Waals surface area contributed by atoms with E-state index < -0.39 is 6.10 Å². The van der Waals surface area contributed by atoms with Crippen molar-refractivity contribution in [3.8, 4) is 5.75 Å². The summed E-state index contributed by atoms with van der Waals surface area (Å²) >= 11 is 0. The summed E-state index contributed by atoms with van der Waals surface area (Å²) in [7, 11) is 0. The molecule has 0 radical (unpaired) electrons. The summed E-state index contributed by atoms with van der Waals surface area (Å²) in [5, 5.41) is 9.47. The lowest BCUT2D eigenvalue weighted by Gasteiger charge is -2.21. The van der Waals surface area contributed by atoms with E-state index >= 15 is 0 Å². The fourth-order valence-electron chi connectivity index (χ4n) is 1.94. The quantitative estimate of drug-likeness (QED) is 0.865. The summed E-state index contributed by atoms with van der Waals surface area (Å²) < 4.78 is 5.67. The molecule has 2 rings (SSSR count). The van der Waals surface area contributed by atoms with Crippen LogP contribution in [0.2, 0.25) is 0 Å². The molecule has 1 unspecified atom stereocenters. The first-order chi connectivity index (χ1) is 8.09. The Morgan fingerprint density at radius 2 is 2.12 bits per heavy atom. The average molecular weight is 235 g/mol. The van der Waals surface area contributed by atoms with Crippen molar-refractivity contribution >= 4 is 11.6 Å². The van der Waals surface area contributed by atoms with Crippen LogP contribution >= 0.6 is 0 Å². The molecule has 0 aliphatic carbocycles. The topological polar surface area (TPSA) is 49.8 Å². The van der Waals surface area contributed by atoms with E-state index in [0.717, 1.165) is 5.69 Å². The zero-order valence-electron chi connectivity index (χ0n) is 10.1. The second kappa shape index (κ2) is 4.75. The maximum atomic E-state index is 11.8. The number of hydrogen-bond donors (Lipinski definition) is 1. The highest BCUT2D eigenvalue weighted by Gasteiger charge is 2.32. The van der Waals surface area contributed by atoms with Crippen molar-refractivity contribution in [3.63, 3.8) is 0 Å². The summed E-state index contributed by atoms with van der Waals surface area (Å²) in [6.45, 7) is 4.42. The van der Waals surface area contributed by atoms with E-state index in [1.54, 1.807) is 4.90 Å². The Labute approximate surface area is 101 Å². The van der Waals surface area contributed by atoms with Gasteiger partial charge >= 0.3 is 0 Å². The minimum absolute atomic E-state index is 0.0544. The highest BCUT2D eigenvalue weighted by molar-refractivity contribution is 5.99. The summed E-state index contributed by atoms with van der Waals surface area (Å²) in [5.74, 6) is 0.440. The van der Waals surface area contributed by atoms with Gasteiger partial charge in [-0.05, 0) is 26.0 Å². The van der Waals surface area contributed by atoms with Crippen molar-refractivity contribution in [1.29, 1.82) is 0 Å². The van der Waals surface area contributed by atoms with Gasteiger partial charge in [-0.15, -0.1) is 0 Å². The number of nitrogens with zero attached hydrogens (tertiary/aromatic N) is 1. The van der Waals surface area contributed by atoms with Gasteiger partial charge in [0.15, 0.2) is 0 Å². The second-order valence-corrected chi connectivity index (χ2v) is 4.43. The molecule has 0 aromatic heterocycles. The van der Waals surface area contributed by atoms with Crippen LogP contribution < -0.4 is 9.64 Å². The van der Waals surface area contributed by atoms with Gasteiger partial charge in [-0.2, -0.15) is 0 Å². The zero-order valence-corrected chi connectivity index (χ0v) is 10.1. The van der Waals surface area contributed by atoms with Gasteiger partial charge in [-0.1, -0.05) is 12.1 Å². The number of para-hydroxylation sites is 2. The van der Waals surface area contributed by atoms with Crippen LogP contribution in [0.5, 0.6) is 5.75 Å². The van der Waals surface area contributed by atoms with Gasteiger partial charge in [-0.25, -0.2) is 0 Å². The van der Waals surface area contributed by atoms with E-state index in [9.17, 15) is 9.90 Å². The van der Waals surface area contributed by atoms with Crippen molar-refractivity contribution in [2.24, 2.45) is 0 Å². The molecule has 1 atom stereocenters. The molecule has 17 heavy (non-hydrogen) atoms. The SMILES string of the molecule is CC(C)Oc1ccccc1N1CCC(O)C1=O. The van der Waals surface area contributed by atoms with Crippen molar-refractivity contribution in [1.82, 2.24) is 0 Å². The molecule has 1 N–H and O–H groups in total. The van der Waals surface area contributed by atoms with Crippen LogP contribution in [-0.2, 0) is 4.79 Å². The van der Waals surface area contributed by atoms with Gasteiger partial charge in [0, 0.05) is 13.0 Å². The Morgan fingerprint density at radius 1 is 1.41 bits per heavy atom. The molecule has 1 aromatic carbocycles. The number of carbonyl (C=O) groups is 1. The van der Waals surface area contributed by atoms with Crippen LogP contribution in [0.4, 0.5) is 5.69 Å². The molecule has 1 fully saturated rings. The van der Waals surface area contributed by atoms with Crippen LogP contribution in [0.1, 0.15) is 20.3 Å². The molecule has 0 saturated carbocycles. The third-order valence-corrected chi connectivity index (χ3v) is 2.70. The minimum atomic E-state index is -0.873. The van der Waals surface area contributed by atoms with Crippen LogP contribution in [0, 0.1) is 0 Å². The number of hydrogen-bond acceptors (Lipinski definition) is 3. The molecule has 0 bridgehead atoms. The van der Waals surface area contributed by atoms with E-state index in [-0.39, 0.29) is 12.0 Å². The summed E-state index contributed by atoms with van der Waals surface area (Å²) in [6, 6.07) is 7.42. The van der Waals surface area contributed by atoms with Gasteiger partial charge < -0.3 is 14.7 Å². The van der Waals surface area contributed by atoms with Crippen molar-refractivity contribution in [2.75, 3.05) is 11.4 Å². The standard InChI is InChI=1S/C13H17NO3/c1-9(2)17-12-6-4-3-5-10(12)14-8-7-11(15)13(14)16/h3-6,9,11,15H,7-8H2,1-2H3. The number of aliphatic hydroxyl groups is 1. The number of anilines is 1. The van der Waals surface area contributed by atoms with E-state index in [1.807, 2.05) is 38.1 Å². The summed E-state index contributed by atoms with van der Waals surface area (Å²) in [5.41, 5.74) is 0.739. The van der Waals surface area contributed by atoms with Crippen molar-refractivity contribution in [3.05, 3.63) is 24.3 Å². The second-order valence-electron chi connectivity index (χ2n) is 4.43. The third-order valence-electron chi connectivity index (χ3n) is 2.70. The summed E-state index contributed by atoms with van der Waals surface area (Å²) in [4.78, 5) is 13.3. The van der Waals surface area contributed by atoms with E-state index in [1.165, 1.54) is 0 Å². The first kappa shape index (κ1) is 11.9. The lowest BCUT2D eigenvalue weighted by Crippen LogP contribution is -2.29. The molecule has 1 aliphatic rings. The number of benzene rings is 1. The normalized spacial score (nSPS) is 20.1. The van der Waals surface area contributed by atoms with Crippen LogP contribution in [0.3, 0.4) is 0 Å². The average Bonchev–Trinajstić information content (AvgIpc) is 2.60. The van der Waals surface area contributed by atoms with Gasteiger partial charge in [0.1, 0.15) is 11.9 Å². The maximum Gasteiger partial charge on any atom is 0.255 e. The zero-order chi connectivity index (χ0) is 12.4. The van der Waals surface area contributed by atoms with Crippen LogP contribution in [0.15, 0.2) is 24.3 Å². The van der Waals surface area contributed by atoms with Crippen molar-refractivity contribution in [2.45, 2.75) is 32.5 Å². The molecule has 4 nitrogen and oxygen atoms in total. The first-order valence-electron chi connectivity index (χ1n) is 5.84. The molecule has 1 aromatic rings. The lowest BCUT2D eigenvalue weighted by molar-refractivity contribution is -0.124. The maximum absolute atomic E-state index is 11.8. The number of carbonyl (C=O) groups excluding carboxylic acids is 1. The fourth-order valence-corrected chi connectivity index (χ4v) is 1.94. The van der Waals surface area contributed by atoms with E-state index in [0.29, 0.717) is 18.7 Å². The molecule has 1 heterocycles. The van der Waals surface area contributed by atoms with Crippen molar-refractivity contribution < 1.29 is 14.6 Å². The minimum Gasteiger partial charge on any atom is -0.489 e. The number of aliphatic hydroxyl groups excluding tert-OH is 1. The molecule has 1 amide bonds. The number of amides is 1. The Bertz CT molecular complexity index is 417. The van der Waals surface area contributed by atoms with E-state index in [2.05, 4.69) is 0 Å². The number of ether oxygens (including phenoxy) is 1. The van der Waals surface area contributed by atoms with Gasteiger partial charge in [0.2, 0.25) is 0 Å². The Hall–Kier alpha value is -1.55. The third kappa shape index (κ3) is 2.42. The first-order valence-corrected chi connectivity index (χ1v) is 5.84. The van der Waals surface area contributed by atoms with E-state index in [4.69, 9.17) is 4.74 Å². The smallest absolute Gasteiger partial charge is 0.255 e. The molecule has 4 heteroatoms. The summed E-state index contributed by atoms with van der Waals surface area (Å²) in [6.07, 6.45) is -0.338. The Balaban J connectivity index is 2.29. The fraction of sp³-hybridized carbons (Fsp3) is 0.462. The molecular formula is C13H17NO3. The predicted molar refractivity (Wildman–Crippen MR) is 65.2 cm³/mol. The van der Waals surface area contributed by atoms with Gasteiger partial charge in [0.25, 0.3) is 5.91 Å². The largest absolute Gasteiger partial charge is 0.489 e. The number of rotatable bonds is 3. The highest BCUT2D eigenvalue weighted by Crippen LogP contribution is 2.31. The Kier molecular flexibility index (Phi) is 3.33. The van der Waals surface area contributed by atoms with Gasteiger partial charge in [0.05, 0.1) is 11.8 Å². The predicted octanol–water partition coefficient (Wildman–Crippen LogP) is 1.57. The van der Waals surface area contributed by atoms with Crippen LogP contribution in [0.25, 0.3) is 0 Å². The molecule has 1 aliphatic heterocycles. The Morgan fingerprint density at radius 3 is 2.71 bits per heavy atom. The monoisotopic (exact) mass is 235 g/mol. The molecular weight excluding hydrogens is 218 g/mol. The van der Waals surface area contributed by atoms with Crippen LogP contribution in [-0.4, -0.2) is 29.8 Å². The molecule has 0 spiro atoms. The van der Waals surface area contributed by atoms with Gasteiger partial charge in [-0.3, -0.25) is 4.79 Å². The highest BCUT2D eigenvalue weighted by atomic mass is 16.5. The molecule has 1 saturated heterocycles. The molecule has 92 valence electrons.